The van der Waals surface area contributed by atoms with Gasteiger partial charge in [0.15, 0.2) is 0 Å². The molecule has 0 saturated heterocycles. The number of fused-ring (bicyclic) bond motifs is 1. The van der Waals surface area contributed by atoms with Gasteiger partial charge in [-0.1, -0.05) is 47.5 Å². The molecule has 0 bridgehead atoms. The summed E-state index contributed by atoms with van der Waals surface area (Å²) >= 11 is 13.6. The highest BCUT2D eigenvalue weighted by molar-refractivity contribution is 7.17. The van der Waals surface area contributed by atoms with Gasteiger partial charge in [0.05, 0.1) is 5.39 Å². The van der Waals surface area contributed by atoms with Gasteiger partial charge in [-0.2, -0.15) is 0 Å². The Labute approximate surface area is 165 Å². The van der Waals surface area contributed by atoms with Crippen molar-refractivity contribution in [2.45, 2.75) is 6.42 Å². The van der Waals surface area contributed by atoms with Crippen LogP contribution < -0.4 is 5.32 Å². The number of nitrogens with one attached hydrogen (secondary N) is 1. The van der Waals surface area contributed by atoms with Crippen LogP contribution >= 0.6 is 34.5 Å². The lowest BCUT2D eigenvalue weighted by molar-refractivity contribution is 1.01. The number of anilines is 1. The largest absolute Gasteiger partial charge is 0.369 e. The number of benzene rings is 2. The molecule has 0 fully saturated rings. The van der Waals surface area contributed by atoms with Crippen LogP contribution in [-0.2, 0) is 6.42 Å². The second kappa shape index (κ2) is 7.62. The van der Waals surface area contributed by atoms with Gasteiger partial charge in [-0.3, -0.25) is 0 Å². The molecule has 0 aliphatic carbocycles. The summed E-state index contributed by atoms with van der Waals surface area (Å²) in [5.41, 5.74) is 3.46. The molecule has 2 aromatic carbocycles. The third-order valence-corrected chi connectivity index (χ3v) is 5.54. The number of nitrogens with zero attached hydrogens (tertiary/aromatic N) is 2. The summed E-state index contributed by atoms with van der Waals surface area (Å²) in [7, 11) is 0. The Hall–Kier alpha value is -2.14. The third kappa shape index (κ3) is 3.68. The van der Waals surface area contributed by atoms with Gasteiger partial charge >= 0.3 is 0 Å². The summed E-state index contributed by atoms with van der Waals surface area (Å²) in [6, 6.07) is 15.8. The first-order chi connectivity index (χ1) is 12.7. The molecule has 6 heteroatoms. The first kappa shape index (κ1) is 17.3. The SMILES string of the molecule is Clc1ccc(CCNc2ncnc3scc(-c4ccc(Cl)cc4)c23)cc1. The molecule has 1 N–H and O–H groups in total. The first-order valence-electron chi connectivity index (χ1n) is 8.17. The monoisotopic (exact) mass is 399 g/mol. The van der Waals surface area contributed by atoms with E-state index in [1.807, 2.05) is 48.5 Å². The van der Waals surface area contributed by atoms with E-state index >= 15 is 0 Å². The number of halogens is 2. The van der Waals surface area contributed by atoms with Crippen LogP contribution in [0.1, 0.15) is 5.56 Å². The number of aromatic nitrogens is 2. The average molecular weight is 400 g/mol. The van der Waals surface area contributed by atoms with Gasteiger partial charge in [0.2, 0.25) is 0 Å². The summed E-state index contributed by atoms with van der Waals surface area (Å²) in [5, 5.41) is 8.11. The quantitative estimate of drug-likeness (QED) is 0.426. The lowest BCUT2D eigenvalue weighted by Crippen LogP contribution is -2.07. The van der Waals surface area contributed by atoms with Crippen molar-refractivity contribution < 1.29 is 0 Å². The number of rotatable bonds is 5. The molecule has 2 aromatic heterocycles. The van der Waals surface area contributed by atoms with Crippen molar-refractivity contribution in [1.29, 1.82) is 0 Å². The van der Waals surface area contributed by atoms with Crippen LogP contribution in [0.15, 0.2) is 60.2 Å². The van der Waals surface area contributed by atoms with Gasteiger partial charge in [0, 0.05) is 27.5 Å². The van der Waals surface area contributed by atoms with Crippen molar-refractivity contribution in [2.75, 3.05) is 11.9 Å². The number of thiophene rings is 1. The van der Waals surface area contributed by atoms with Crippen molar-refractivity contribution in [1.82, 2.24) is 9.97 Å². The minimum Gasteiger partial charge on any atom is -0.369 e. The zero-order valence-corrected chi connectivity index (χ0v) is 16.1. The topological polar surface area (TPSA) is 37.8 Å². The van der Waals surface area contributed by atoms with E-state index in [9.17, 15) is 0 Å². The second-order valence-corrected chi connectivity index (χ2v) is 7.59. The zero-order chi connectivity index (χ0) is 17.9. The molecule has 0 amide bonds. The van der Waals surface area contributed by atoms with Crippen LogP contribution in [0.3, 0.4) is 0 Å². The molecular formula is C20H15Cl2N3S. The molecule has 26 heavy (non-hydrogen) atoms. The fraction of sp³-hybridized carbons (Fsp3) is 0.100. The minimum atomic E-state index is 0.728. The minimum absolute atomic E-state index is 0.728. The molecule has 0 aliphatic rings. The van der Waals surface area contributed by atoms with Gasteiger partial charge in [0.25, 0.3) is 0 Å². The Bertz CT molecular complexity index is 1030. The molecule has 4 aromatic rings. The van der Waals surface area contributed by atoms with Crippen molar-refractivity contribution in [3.8, 4) is 11.1 Å². The maximum absolute atomic E-state index is 6.02. The van der Waals surface area contributed by atoms with E-state index in [-0.39, 0.29) is 0 Å². The van der Waals surface area contributed by atoms with Gasteiger partial charge in [-0.05, 0) is 41.8 Å². The predicted molar refractivity (Wildman–Crippen MR) is 112 cm³/mol. The summed E-state index contributed by atoms with van der Waals surface area (Å²) < 4.78 is 0. The van der Waals surface area contributed by atoms with Crippen molar-refractivity contribution in [2.24, 2.45) is 0 Å². The average Bonchev–Trinajstić information content (AvgIpc) is 3.09. The Kier molecular flexibility index (Phi) is 5.07. The van der Waals surface area contributed by atoms with E-state index in [4.69, 9.17) is 23.2 Å². The van der Waals surface area contributed by atoms with E-state index in [2.05, 4.69) is 20.7 Å². The fourth-order valence-electron chi connectivity index (χ4n) is 2.83. The van der Waals surface area contributed by atoms with Crippen molar-refractivity contribution in [3.05, 3.63) is 75.8 Å². The predicted octanol–water partition coefficient (Wildman–Crippen LogP) is 6.32. The van der Waals surface area contributed by atoms with Gasteiger partial charge in [-0.15, -0.1) is 11.3 Å². The molecule has 4 rings (SSSR count). The van der Waals surface area contributed by atoms with Gasteiger partial charge < -0.3 is 5.32 Å². The van der Waals surface area contributed by atoms with Crippen molar-refractivity contribution in [3.63, 3.8) is 0 Å². The summed E-state index contributed by atoms with van der Waals surface area (Å²) in [4.78, 5) is 9.84. The normalized spacial score (nSPS) is 11.0. The lowest BCUT2D eigenvalue weighted by Gasteiger charge is -2.09. The highest BCUT2D eigenvalue weighted by Gasteiger charge is 2.13. The summed E-state index contributed by atoms with van der Waals surface area (Å²) in [5.74, 6) is 0.857. The Morgan fingerprint density at radius 2 is 1.58 bits per heavy atom. The molecule has 3 nitrogen and oxygen atoms in total. The molecule has 130 valence electrons. The molecular weight excluding hydrogens is 385 g/mol. The maximum atomic E-state index is 6.02. The van der Waals surface area contributed by atoms with Gasteiger partial charge in [-0.25, -0.2) is 9.97 Å². The van der Waals surface area contributed by atoms with E-state index in [0.717, 1.165) is 50.2 Å². The van der Waals surface area contributed by atoms with Crippen LogP contribution in [-0.4, -0.2) is 16.5 Å². The van der Waals surface area contributed by atoms with Crippen LogP contribution in [0.4, 0.5) is 5.82 Å². The Balaban J connectivity index is 1.59. The summed E-state index contributed by atoms with van der Waals surface area (Å²) in [6.07, 6.45) is 2.50. The smallest absolute Gasteiger partial charge is 0.138 e. The van der Waals surface area contributed by atoms with Crippen molar-refractivity contribution >= 4 is 50.6 Å². The third-order valence-electron chi connectivity index (χ3n) is 4.14. The standard InChI is InChI=1S/C20H15Cl2N3S/c21-15-5-1-13(2-6-15)9-10-23-19-18-17(11-26-20(18)25-12-24-19)14-3-7-16(22)8-4-14/h1-8,11-12H,9-10H2,(H,23,24,25). The van der Waals surface area contributed by atoms with Gasteiger partial charge in [0.1, 0.15) is 17.0 Å². The highest BCUT2D eigenvalue weighted by atomic mass is 35.5. The molecule has 0 unspecified atom stereocenters. The van der Waals surface area contributed by atoms with Crippen LogP contribution in [0.2, 0.25) is 10.0 Å². The molecule has 0 saturated carbocycles. The van der Waals surface area contributed by atoms with E-state index in [1.54, 1.807) is 17.7 Å². The summed E-state index contributed by atoms with van der Waals surface area (Å²) in [6.45, 7) is 0.781. The van der Waals surface area contributed by atoms with Crippen LogP contribution in [0.25, 0.3) is 21.3 Å². The lowest BCUT2D eigenvalue weighted by atomic mass is 10.1. The van der Waals surface area contributed by atoms with E-state index < -0.39 is 0 Å². The zero-order valence-electron chi connectivity index (χ0n) is 13.7. The maximum Gasteiger partial charge on any atom is 0.138 e. The van der Waals surface area contributed by atoms with Crippen LogP contribution in [0, 0.1) is 0 Å². The van der Waals surface area contributed by atoms with Crippen LogP contribution in [0.5, 0.6) is 0 Å². The van der Waals surface area contributed by atoms with E-state index in [0.29, 0.717) is 0 Å². The Morgan fingerprint density at radius 1 is 0.885 bits per heavy atom. The molecule has 0 spiro atoms. The molecule has 0 atom stereocenters. The number of hydrogen-bond donors (Lipinski definition) is 1. The highest BCUT2D eigenvalue weighted by Crippen LogP contribution is 2.36. The molecule has 0 aliphatic heterocycles. The van der Waals surface area contributed by atoms with E-state index in [1.165, 1.54) is 5.56 Å². The number of hydrogen-bond acceptors (Lipinski definition) is 4. The second-order valence-electron chi connectivity index (χ2n) is 5.86. The first-order valence-corrected chi connectivity index (χ1v) is 9.81. The fourth-order valence-corrected chi connectivity index (χ4v) is 4.00. The molecule has 0 radical (unpaired) electrons. The molecule has 2 heterocycles. The Morgan fingerprint density at radius 3 is 2.31 bits per heavy atom.